The van der Waals surface area contributed by atoms with E-state index in [1.54, 1.807) is 23.0 Å². The first kappa shape index (κ1) is 19.3. The number of benzene rings is 2. The van der Waals surface area contributed by atoms with Crippen molar-refractivity contribution in [1.82, 2.24) is 25.3 Å². The lowest BCUT2D eigenvalue weighted by molar-refractivity contribution is -0.123. The number of aromatic nitrogens is 2. The highest BCUT2D eigenvalue weighted by Crippen LogP contribution is 2.22. The summed E-state index contributed by atoms with van der Waals surface area (Å²) in [5.41, 5.74) is 2.79. The van der Waals surface area contributed by atoms with Crippen molar-refractivity contribution in [3.8, 4) is 5.69 Å². The highest BCUT2D eigenvalue weighted by molar-refractivity contribution is 5.78. The molecule has 29 heavy (non-hydrogen) atoms. The van der Waals surface area contributed by atoms with E-state index in [2.05, 4.69) is 20.6 Å². The molecule has 0 saturated carbocycles. The van der Waals surface area contributed by atoms with Gasteiger partial charge in [-0.1, -0.05) is 30.3 Å². The Morgan fingerprint density at radius 3 is 2.90 bits per heavy atom. The summed E-state index contributed by atoms with van der Waals surface area (Å²) in [5.74, 6) is -0.311. The fraction of sp³-hybridized carbons (Fsp3) is 0.273. The molecule has 1 saturated heterocycles. The summed E-state index contributed by atoms with van der Waals surface area (Å²) < 4.78 is 15.4. The van der Waals surface area contributed by atoms with Gasteiger partial charge in [-0.3, -0.25) is 9.69 Å². The summed E-state index contributed by atoms with van der Waals surface area (Å²) in [6, 6.07) is 16.4. The van der Waals surface area contributed by atoms with E-state index < -0.39 is 0 Å². The molecule has 1 aliphatic rings. The largest absolute Gasteiger partial charge is 0.351 e. The maximum Gasteiger partial charge on any atom is 0.234 e. The zero-order chi connectivity index (χ0) is 20.1. The molecule has 0 bridgehead atoms. The molecule has 2 aromatic carbocycles. The first-order valence-electron chi connectivity index (χ1n) is 9.75. The summed E-state index contributed by atoms with van der Waals surface area (Å²) in [4.78, 5) is 14.6. The van der Waals surface area contributed by atoms with Crippen LogP contribution in [-0.2, 0) is 11.3 Å². The SMILES string of the molecule is O=C(CN1CCNCC1c1cccc(F)c1)NCc1cnn(-c2ccccc2)c1. The summed E-state index contributed by atoms with van der Waals surface area (Å²) in [5, 5.41) is 10.6. The summed E-state index contributed by atoms with van der Waals surface area (Å²) in [6.07, 6.45) is 3.67. The van der Waals surface area contributed by atoms with Gasteiger partial charge in [0.25, 0.3) is 0 Å². The molecule has 150 valence electrons. The van der Waals surface area contributed by atoms with Crippen molar-refractivity contribution in [2.75, 3.05) is 26.2 Å². The second kappa shape index (κ2) is 8.98. The highest BCUT2D eigenvalue weighted by atomic mass is 19.1. The summed E-state index contributed by atoms with van der Waals surface area (Å²) in [7, 11) is 0. The van der Waals surface area contributed by atoms with Gasteiger partial charge in [-0.15, -0.1) is 0 Å². The molecule has 1 atom stereocenters. The van der Waals surface area contributed by atoms with Gasteiger partial charge >= 0.3 is 0 Å². The minimum Gasteiger partial charge on any atom is -0.351 e. The Morgan fingerprint density at radius 2 is 2.07 bits per heavy atom. The second-order valence-corrected chi connectivity index (χ2v) is 7.15. The number of hydrogen-bond donors (Lipinski definition) is 2. The lowest BCUT2D eigenvalue weighted by atomic mass is 10.0. The van der Waals surface area contributed by atoms with Gasteiger partial charge in [0, 0.05) is 44.0 Å². The Kier molecular flexibility index (Phi) is 5.97. The average molecular weight is 393 g/mol. The topological polar surface area (TPSA) is 62.2 Å². The molecule has 1 aliphatic heterocycles. The molecule has 4 rings (SSSR count). The maximum atomic E-state index is 13.6. The van der Waals surface area contributed by atoms with Crippen molar-refractivity contribution < 1.29 is 9.18 Å². The summed E-state index contributed by atoms with van der Waals surface area (Å²) >= 11 is 0. The average Bonchev–Trinajstić information content (AvgIpc) is 3.22. The molecule has 1 unspecified atom stereocenters. The quantitative estimate of drug-likeness (QED) is 0.675. The predicted molar refractivity (Wildman–Crippen MR) is 109 cm³/mol. The van der Waals surface area contributed by atoms with Crippen LogP contribution < -0.4 is 10.6 Å². The molecule has 1 fully saturated rings. The van der Waals surface area contributed by atoms with Crippen molar-refractivity contribution in [1.29, 1.82) is 0 Å². The van der Waals surface area contributed by atoms with Gasteiger partial charge in [-0.2, -0.15) is 5.10 Å². The fourth-order valence-electron chi connectivity index (χ4n) is 3.59. The van der Waals surface area contributed by atoms with Gasteiger partial charge in [0.1, 0.15) is 5.82 Å². The normalized spacial score (nSPS) is 17.2. The number of piperazine rings is 1. The van der Waals surface area contributed by atoms with Crippen LogP contribution in [0.3, 0.4) is 0 Å². The Labute approximate surface area is 169 Å². The Bertz CT molecular complexity index is 959. The van der Waals surface area contributed by atoms with E-state index in [0.29, 0.717) is 13.1 Å². The third-order valence-electron chi connectivity index (χ3n) is 5.08. The van der Waals surface area contributed by atoms with Gasteiger partial charge < -0.3 is 10.6 Å². The summed E-state index contributed by atoms with van der Waals surface area (Å²) in [6.45, 7) is 2.93. The molecule has 2 N–H and O–H groups in total. The number of carbonyl (C=O) groups is 1. The number of amides is 1. The number of hydrogen-bond acceptors (Lipinski definition) is 4. The molecular formula is C22H24FN5O. The van der Waals surface area contributed by atoms with Crippen molar-refractivity contribution >= 4 is 5.91 Å². The first-order chi connectivity index (χ1) is 14.2. The van der Waals surface area contributed by atoms with Crippen LogP contribution in [0.4, 0.5) is 4.39 Å². The highest BCUT2D eigenvalue weighted by Gasteiger charge is 2.25. The van der Waals surface area contributed by atoms with Crippen LogP contribution in [0, 0.1) is 5.82 Å². The van der Waals surface area contributed by atoms with Crippen molar-refractivity contribution in [3.05, 3.63) is 83.9 Å². The molecule has 0 aliphatic carbocycles. The lowest BCUT2D eigenvalue weighted by Gasteiger charge is -2.36. The number of nitrogens with one attached hydrogen (secondary N) is 2. The van der Waals surface area contributed by atoms with Crippen molar-refractivity contribution in [3.63, 3.8) is 0 Å². The van der Waals surface area contributed by atoms with Gasteiger partial charge in [0.05, 0.1) is 18.4 Å². The van der Waals surface area contributed by atoms with Gasteiger partial charge in [0.2, 0.25) is 5.91 Å². The molecule has 7 heteroatoms. The number of nitrogens with zero attached hydrogens (tertiary/aromatic N) is 3. The molecule has 1 amide bonds. The van der Waals surface area contributed by atoms with Crippen LogP contribution >= 0.6 is 0 Å². The van der Waals surface area contributed by atoms with Crippen LogP contribution in [-0.4, -0.2) is 46.8 Å². The molecule has 1 aromatic heterocycles. The number of para-hydroxylation sites is 1. The van der Waals surface area contributed by atoms with Crippen LogP contribution in [0.1, 0.15) is 17.2 Å². The van der Waals surface area contributed by atoms with Crippen LogP contribution in [0.2, 0.25) is 0 Å². The van der Waals surface area contributed by atoms with Gasteiger partial charge in [-0.05, 0) is 29.8 Å². The number of carbonyl (C=O) groups excluding carboxylic acids is 1. The van der Waals surface area contributed by atoms with E-state index in [1.165, 1.54) is 6.07 Å². The fourth-order valence-corrected chi connectivity index (χ4v) is 3.59. The van der Waals surface area contributed by atoms with Crippen molar-refractivity contribution in [2.24, 2.45) is 0 Å². The van der Waals surface area contributed by atoms with Crippen LogP contribution in [0.15, 0.2) is 67.0 Å². The van der Waals surface area contributed by atoms with E-state index in [9.17, 15) is 9.18 Å². The molecular weight excluding hydrogens is 369 g/mol. The Morgan fingerprint density at radius 1 is 1.21 bits per heavy atom. The van der Waals surface area contributed by atoms with Crippen LogP contribution in [0.5, 0.6) is 0 Å². The minimum atomic E-state index is -0.257. The third-order valence-corrected chi connectivity index (χ3v) is 5.08. The van der Waals surface area contributed by atoms with Crippen molar-refractivity contribution in [2.45, 2.75) is 12.6 Å². The van der Waals surface area contributed by atoms with E-state index >= 15 is 0 Å². The number of rotatable bonds is 6. The maximum absolute atomic E-state index is 13.6. The predicted octanol–water partition coefficient (Wildman–Crippen LogP) is 2.27. The Hall–Kier alpha value is -3.03. The minimum absolute atomic E-state index is 0.0222. The van der Waals surface area contributed by atoms with E-state index in [0.717, 1.165) is 29.9 Å². The second-order valence-electron chi connectivity index (χ2n) is 7.15. The van der Waals surface area contributed by atoms with Crippen LogP contribution in [0.25, 0.3) is 5.69 Å². The molecule has 0 radical (unpaired) electrons. The van der Waals surface area contributed by atoms with E-state index in [-0.39, 0.29) is 24.3 Å². The standard InChI is InChI=1S/C22H24FN5O/c23-19-6-4-5-18(11-19)21-14-24-9-10-27(21)16-22(29)25-12-17-13-26-28(15-17)20-7-2-1-3-8-20/h1-8,11,13,15,21,24H,9-10,12,14,16H2,(H,25,29). The molecule has 3 aromatic rings. The van der Waals surface area contributed by atoms with Gasteiger partial charge in [-0.25, -0.2) is 9.07 Å². The zero-order valence-corrected chi connectivity index (χ0v) is 16.1. The number of halogens is 1. The van der Waals surface area contributed by atoms with E-state index in [4.69, 9.17) is 0 Å². The molecule has 0 spiro atoms. The lowest BCUT2D eigenvalue weighted by Crippen LogP contribution is -2.49. The monoisotopic (exact) mass is 393 g/mol. The zero-order valence-electron chi connectivity index (χ0n) is 16.1. The smallest absolute Gasteiger partial charge is 0.234 e. The van der Waals surface area contributed by atoms with Gasteiger partial charge in [0.15, 0.2) is 0 Å². The Balaban J connectivity index is 1.34. The van der Waals surface area contributed by atoms with E-state index in [1.807, 2.05) is 42.6 Å². The third kappa shape index (κ3) is 4.88. The molecule has 2 heterocycles. The first-order valence-corrected chi connectivity index (χ1v) is 9.75. The molecule has 6 nitrogen and oxygen atoms in total.